The van der Waals surface area contributed by atoms with Crippen LogP contribution in [0.25, 0.3) is 11.3 Å². The topological polar surface area (TPSA) is 46.9 Å². The summed E-state index contributed by atoms with van der Waals surface area (Å²) in [6.45, 7) is 6.85. The van der Waals surface area contributed by atoms with Crippen molar-refractivity contribution in [1.82, 2.24) is 9.55 Å². The van der Waals surface area contributed by atoms with Crippen LogP contribution in [0.1, 0.15) is 26.8 Å². The SMILES string of the molecule is CCNc1nc(-c2cccn(C(C)C)c2=O)cs1. The van der Waals surface area contributed by atoms with Gasteiger partial charge in [-0.1, -0.05) is 0 Å². The Morgan fingerprint density at radius 1 is 1.50 bits per heavy atom. The van der Waals surface area contributed by atoms with Crippen molar-refractivity contribution >= 4 is 16.5 Å². The molecule has 0 aliphatic heterocycles. The number of hydrogen-bond donors (Lipinski definition) is 1. The lowest BCUT2D eigenvalue weighted by atomic mass is 10.2. The summed E-state index contributed by atoms with van der Waals surface area (Å²) in [6, 6.07) is 3.87. The van der Waals surface area contributed by atoms with E-state index in [0.29, 0.717) is 5.56 Å². The highest BCUT2D eigenvalue weighted by atomic mass is 32.1. The van der Waals surface area contributed by atoms with Crippen LogP contribution in [0, 0.1) is 0 Å². The van der Waals surface area contributed by atoms with Gasteiger partial charge in [0.05, 0.1) is 11.3 Å². The van der Waals surface area contributed by atoms with Crippen molar-refractivity contribution in [3.63, 3.8) is 0 Å². The molecule has 0 fully saturated rings. The van der Waals surface area contributed by atoms with Gasteiger partial charge in [-0.25, -0.2) is 4.98 Å². The van der Waals surface area contributed by atoms with Crippen LogP contribution in [-0.2, 0) is 0 Å². The maximum atomic E-state index is 12.3. The third-order valence-electron chi connectivity index (χ3n) is 2.64. The fourth-order valence-corrected chi connectivity index (χ4v) is 2.52. The van der Waals surface area contributed by atoms with E-state index in [1.807, 2.05) is 44.5 Å². The van der Waals surface area contributed by atoms with Crippen molar-refractivity contribution in [2.75, 3.05) is 11.9 Å². The summed E-state index contributed by atoms with van der Waals surface area (Å²) in [5, 5.41) is 5.92. The molecule has 18 heavy (non-hydrogen) atoms. The first kappa shape index (κ1) is 12.8. The standard InChI is InChI=1S/C13H17N3OS/c1-4-14-13-15-11(8-18-13)10-6-5-7-16(9(2)3)12(10)17/h5-9H,4H2,1-3H3,(H,14,15). The molecule has 0 bridgehead atoms. The van der Waals surface area contributed by atoms with Crippen LogP contribution in [0.15, 0.2) is 28.5 Å². The molecule has 0 aliphatic rings. The van der Waals surface area contributed by atoms with Crippen molar-refractivity contribution in [3.05, 3.63) is 34.1 Å². The normalized spacial score (nSPS) is 10.9. The number of thiazole rings is 1. The summed E-state index contributed by atoms with van der Waals surface area (Å²) in [4.78, 5) is 16.7. The Labute approximate surface area is 110 Å². The summed E-state index contributed by atoms with van der Waals surface area (Å²) in [5.41, 5.74) is 1.42. The molecule has 0 amide bonds. The second-order valence-electron chi connectivity index (χ2n) is 4.30. The van der Waals surface area contributed by atoms with E-state index in [1.54, 1.807) is 4.57 Å². The number of pyridine rings is 1. The molecule has 2 aromatic rings. The number of nitrogens with one attached hydrogen (secondary N) is 1. The number of rotatable bonds is 4. The molecular formula is C13H17N3OS. The van der Waals surface area contributed by atoms with Crippen LogP contribution in [0.4, 0.5) is 5.13 Å². The Bertz CT molecular complexity index is 586. The van der Waals surface area contributed by atoms with E-state index in [4.69, 9.17) is 0 Å². The van der Waals surface area contributed by atoms with Crippen LogP contribution in [0.2, 0.25) is 0 Å². The molecule has 0 atom stereocenters. The van der Waals surface area contributed by atoms with Gasteiger partial charge in [0.25, 0.3) is 5.56 Å². The summed E-state index contributed by atoms with van der Waals surface area (Å²) < 4.78 is 1.72. The predicted octanol–water partition coefficient (Wildman–Crippen LogP) is 2.98. The second-order valence-corrected chi connectivity index (χ2v) is 5.15. The van der Waals surface area contributed by atoms with Gasteiger partial charge in [-0.15, -0.1) is 11.3 Å². The van der Waals surface area contributed by atoms with Crippen molar-refractivity contribution in [1.29, 1.82) is 0 Å². The Hall–Kier alpha value is -1.62. The Kier molecular flexibility index (Phi) is 3.81. The lowest BCUT2D eigenvalue weighted by Gasteiger charge is -2.10. The van der Waals surface area contributed by atoms with Gasteiger partial charge in [0.1, 0.15) is 0 Å². The third kappa shape index (κ3) is 2.46. The van der Waals surface area contributed by atoms with Crippen LogP contribution >= 0.6 is 11.3 Å². The lowest BCUT2D eigenvalue weighted by Crippen LogP contribution is -2.22. The highest BCUT2D eigenvalue weighted by molar-refractivity contribution is 7.14. The average Bonchev–Trinajstić information content (AvgIpc) is 2.78. The van der Waals surface area contributed by atoms with Crippen LogP contribution < -0.4 is 10.9 Å². The van der Waals surface area contributed by atoms with E-state index in [-0.39, 0.29) is 11.6 Å². The largest absolute Gasteiger partial charge is 0.362 e. The minimum atomic E-state index is 0.0147. The number of aromatic nitrogens is 2. The zero-order chi connectivity index (χ0) is 13.1. The minimum absolute atomic E-state index is 0.0147. The number of hydrogen-bond acceptors (Lipinski definition) is 4. The van der Waals surface area contributed by atoms with Gasteiger partial charge in [0.2, 0.25) is 0 Å². The van der Waals surface area contributed by atoms with Gasteiger partial charge in [-0.2, -0.15) is 0 Å². The monoisotopic (exact) mass is 263 g/mol. The van der Waals surface area contributed by atoms with Crippen molar-refractivity contribution in [2.45, 2.75) is 26.8 Å². The van der Waals surface area contributed by atoms with Gasteiger partial charge >= 0.3 is 0 Å². The van der Waals surface area contributed by atoms with Gasteiger partial charge in [0, 0.05) is 24.2 Å². The fraction of sp³-hybridized carbons (Fsp3) is 0.385. The molecule has 5 heteroatoms. The molecule has 1 N–H and O–H groups in total. The molecule has 4 nitrogen and oxygen atoms in total. The molecule has 0 radical (unpaired) electrons. The quantitative estimate of drug-likeness (QED) is 0.922. The molecule has 96 valence electrons. The van der Waals surface area contributed by atoms with Crippen LogP contribution in [0.3, 0.4) is 0 Å². The Balaban J connectivity index is 2.44. The molecule has 0 saturated carbocycles. The summed E-state index contributed by atoms with van der Waals surface area (Å²) in [6.07, 6.45) is 1.81. The molecule has 0 unspecified atom stereocenters. The Morgan fingerprint density at radius 2 is 2.28 bits per heavy atom. The lowest BCUT2D eigenvalue weighted by molar-refractivity contribution is 0.579. The second kappa shape index (κ2) is 5.35. The molecular weight excluding hydrogens is 246 g/mol. The van der Waals surface area contributed by atoms with Crippen molar-refractivity contribution in [2.24, 2.45) is 0 Å². The summed E-state index contributed by atoms with van der Waals surface area (Å²) >= 11 is 1.52. The molecule has 0 aliphatic carbocycles. The maximum Gasteiger partial charge on any atom is 0.260 e. The zero-order valence-corrected chi connectivity index (χ0v) is 11.6. The van der Waals surface area contributed by atoms with E-state index in [0.717, 1.165) is 17.4 Å². The van der Waals surface area contributed by atoms with E-state index < -0.39 is 0 Å². The number of anilines is 1. The van der Waals surface area contributed by atoms with E-state index in [2.05, 4.69) is 10.3 Å². The highest BCUT2D eigenvalue weighted by Crippen LogP contribution is 2.22. The first-order valence-corrected chi connectivity index (χ1v) is 6.92. The highest BCUT2D eigenvalue weighted by Gasteiger charge is 2.10. The van der Waals surface area contributed by atoms with Crippen molar-refractivity contribution in [3.8, 4) is 11.3 Å². The smallest absolute Gasteiger partial charge is 0.260 e. The van der Waals surface area contributed by atoms with Gasteiger partial charge in [0.15, 0.2) is 5.13 Å². The van der Waals surface area contributed by atoms with E-state index >= 15 is 0 Å². The molecule has 2 aromatic heterocycles. The Morgan fingerprint density at radius 3 is 2.94 bits per heavy atom. The molecule has 0 saturated heterocycles. The first-order valence-electron chi connectivity index (χ1n) is 6.04. The molecule has 2 rings (SSSR count). The van der Waals surface area contributed by atoms with Gasteiger partial charge in [-0.05, 0) is 32.9 Å². The third-order valence-corrected chi connectivity index (χ3v) is 3.44. The summed E-state index contributed by atoms with van der Waals surface area (Å²) in [5.74, 6) is 0. The van der Waals surface area contributed by atoms with Gasteiger partial charge < -0.3 is 9.88 Å². The number of nitrogens with zero attached hydrogens (tertiary/aromatic N) is 2. The molecule has 0 spiro atoms. The predicted molar refractivity (Wildman–Crippen MR) is 76.4 cm³/mol. The first-order chi connectivity index (χ1) is 8.63. The maximum absolute atomic E-state index is 12.3. The molecule has 2 heterocycles. The zero-order valence-electron chi connectivity index (χ0n) is 10.8. The summed E-state index contributed by atoms with van der Waals surface area (Å²) in [7, 11) is 0. The fourth-order valence-electron chi connectivity index (χ4n) is 1.74. The van der Waals surface area contributed by atoms with E-state index in [9.17, 15) is 4.79 Å². The van der Waals surface area contributed by atoms with E-state index in [1.165, 1.54) is 11.3 Å². The van der Waals surface area contributed by atoms with Crippen molar-refractivity contribution < 1.29 is 0 Å². The molecule has 0 aromatic carbocycles. The minimum Gasteiger partial charge on any atom is -0.362 e. The average molecular weight is 263 g/mol. The van der Waals surface area contributed by atoms with Crippen LogP contribution in [0.5, 0.6) is 0 Å². The van der Waals surface area contributed by atoms with Crippen LogP contribution in [-0.4, -0.2) is 16.1 Å². The van der Waals surface area contributed by atoms with Gasteiger partial charge in [-0.3, -0.25) is 4.79 Å².